The number of allylic oxidation sites excluding steroid dienone is 1. The van der Waals surface area contributed by atoms with E-state index in [2.05, 4.69) is 64.1 Å². The molecule has 0 fully saturated rings. The zero-order chi connectivity index (χ0) is 18.7. The molecule has 2 aromatic carbocycles. The van der Waals surface area contributed by atoms with Gasteiger partial charge in [0, 0.05) is 48.8 Å². The van der Waals surface area contributed by atoms with Gasteiger partial charge in [-0.3, -0.25) is 0 Å². The average molecular weight is 377 g/mol. The van der Waals surface area contributed by atoms with E-state index in [0.717, 1.165) is 32.1 Å². The summed E-state index contributed by atoms with van der Waals surface area (Å²) in [7, 11) is 0. The van der Waals surface area contributed by atoms with Gasteiger partial charge in [0.2, 0.25) is 0 Å². The first-order chi connectivity index (χ1) is 14.3. The number of rotatable bonds is 0. The fraction of sp³-hybridized carbons (Fsp3) is 0.333. The number of nitrogens with zero attached hydrogens (tertiary/aromatic N) is 2. The fourth-order valence-corrected chi connectivity index (χ4v) is 7.41. The Morgan fingerprint density at radius 3 is 2.17 bits per heavy atom. The summed E-state index contributed by atoms with van der Waals surface area (Å²) in [6.45, 7) is 0. The Kier molecular flexibility index (Phi) is 2.54. The van der Waals surface area contributed by atoms with Gasteiger partial charge >= 0.3 is 0 Å². The van der Waals surface area contributed by atoms with Gasteiger partial charge in [-0.05, 0) is 64.8 Å². The Morgan fingerprint density at radius 2 is 1.38 bits per heavy atom. The molecule has 1 aromatic heterocycles. The number of benzene rings is 2. The van der Waals surface area contributed by atoms with Crippen LogP contribution in [0.15, 0.2) is 60.3 Å². The minimum atomic E-state index is 0.0303. The highest BCUT2D eigenvalue weighted by molar-refractivity contribution is 5.51. The Labute approximate surface area is 171 Å². The van der Waals surface area contributed by atoms with Crippen molar-refractivity contribution < 1.29 is 0 Å². The van der Waals surface area contributed by atoms with Crippen LogP contribution in [0.3, 0.4) is 0 Å². The van der Waals surface area contributed by atoms with Crippen molar-refractivity contribution in [1.29, 1.82) is 0 Å². The number of aromatic nitrogens is 1. The van der Waals surface area contributed by atoms with Crippen molar-refractivity contribution in [3.05, 3.63) is 105 Å². The normalized spacial score (nSPS) is 27.0. The number of hydrogen-bond donors (Lipinski definition) is 0. The van der Waals surface area contributed by atoms with Crippen molar-refractivity contribution in [2.45, 2.75) is 56.7 Å². The summed E-state index contributed by atoms with van der Waals surface area (Å²) in [6.07, 6.45) is 10.5. The van der Waals surface area contributed by atoms with Crippen LogP contribution in [0.5, 0.6) is 0 Å². The van der Waals surface area contributed by atoms with Crippen LogP contribution >= 0.6 is 0 Å². The molecule has 142 valence electrons. The van der Waals surface area contributed by atoms with Crippen molar-refractivity contribution in [1.82, 2.24) is 9.47 Å². The molecule has 4 aliphatic heterocycles. The molecule has 3 aromatic rings. The molecular formula is C27H24N2. The van der Waals surface area contributed by atoms with E-state index in [1.54, 1.807) is 39.1 Å². The molecule has 1 aliphatic carbocycles. The van der Waals surface area contributed by atoms with E-state index in [1.807, 2.05) is 0 Å². The van der Waals surface area contributed by atoms with Gasteiger partial charge in [0.25, 0.3) is 0 Å². The van der Waals surface area contributed by atoms with E-state index in [0.29, 0.717) is 6.04 Å². The van der Waals surface area contributed by atoms with Crippen LogP contribution in [-0.2, 0) is 44.2 Å². The van der Waals surface area contributed by atoms with Gasteiger partial charge < -0.3 is 9.47 Å². The smallest absolute Gasteiger partial charge is 0.125 e. The van der Waals surface area contributed by atoms with E-state index in [1.165, 1.54) is 24.2 Å². The van der Waals surface area contributed by atoms with E-state index in [9.17, 15) is 0 Å². The molecule has 0 saturated carbocycles. The van der Waals surface area contributed by atoms with E-state index in [4.69, 9.17) is 0 Å². The third-order valence-electron chi connectivity index (χ3n) is 8.44. The molecule has 8 rings (SSSR count). The van der Waals surface area contributed by atoms with Gasteiger partial charge in [-0.1, -0.05) is 42.5 Å². The van der Waals surface area contributed by atoms with Gasteiger partial charge in [-0.15, -0.1) is 0 Å². The largest absolute Gasteiger partial charge is 0.348 e. The first-order valence-electron chi connectivity index (χ1n) is 11.2. The quantitative estimate of drug-likeness (QED) is 0.561. The van der Waals surface area contributed by atoms with Gasteiger partial charge in [0.1, 0.15) is 5.66 Å². The predicted octanol–water partition coefficient (Wildman–Crippen LogP) is 4.51. The minimum absolute atomic E-state index is 0.0303. The molecule has 0 radical (unpaired) electrons. The third-order valence-corrected chi connectivity index (χ3v) is 8.44. The van der Waals surface area contributed by atoms with Crippen LogP contribution in [0.25, 0.3) is 0 Å². The standard InChI is InChI=1S/C27H24N2/c1-3-17-11-18-4-2-6-20-13-22-8-10-24-14-23-9-7-21-12-19(5-1)25(17)15-27(28(21)23,29(22)24)16-26(18)20/h1-7,9-10,22H,8,11-16H2/t22?,27-/m0/s1. The summed E-state index contributed by atoms with van der Waals surface area (Å²) in [5.41, 5.74) is 14.2. The zero-order valence-corrected chi connectivity index (χ0v) is 16.6. The van der Waals surface area contributed by atoms with Crippen molar-refractivity contribution in [3.8, 4) is 0 Å². The highest BCUT2D eigenvalue weighted by Gasteiger charge is 2.53. The van der Waals surface area contributed by atoms with Crippen LogP contribution in [0.1, 0.15) is 51.2 Å². The van der Waals surface area contributed by atoms with Gasteiger partial charge in [0.05, 0.1) is 0 Å². The second-order valence-corrected chi connectivity index (χ2v) is 9.79. The molecule has 29 heavy (non-hydrogen) atoms. The highest BCUT2D eigenvalue weighted by Crippen LogP contribution is 2.51. The topological polar surface area (TPSA) is 8.17 Å². The summed E-state index contributed by atoms with van der Waals surface area (Å²) in [6, 6.07) is 19.7. The van der Waals surface area contributed by atoms with E-state index < -0.39 is 0 Å². The lowest BCUT2D eigenvalue weighted by molar-refractivity contribution is 0.0101. The average Bonchev–Trinajstić information content (AvgIpc) is 3.21. The van der Waals surface area contributed by atoms with Crippen LogP contribution in [0, 0.1) is 0 Å². The second kappa shape index (κ2) is 4.87. The highest BCUT2D eigenvalue weighted by atomic mass is 15.4. The molecule has 2 atom stereocenters. The SMILES string of the molecule is C1=C2Cc3ccc4n3[C@]35Cc6c(cccc6C4)Cc4cccc(c4C3)CC(C1)N25. The van der Waals surface area contributed by atoms with Crippen LogP contribution < -0.4 is 0 Å². The van der Waals surface area contributed by atoms with Crippen LogP contribution in [0.2, 0.25) is 0 Å². The van der Waals surface area contributed by atoms with Gasteiger partial charge in [-0.25, -0.2) is 0 Å². The van der Waals surface area contributed by atoms with Gasteiger partial charge in [0.15, 0.2) is 0 Å². The lowest BCUT2D eigenvalue weighted by Crippen LogP contribution is -2.58. The Balaban J connectivity index is 1.56. The molecule has 3 bridgehead atoms. The second-order valence-electron chi connectivity index (χ2n) is 9.79. The van der Waals surface area contributed by atoms with Crippen molar-refractivity contribution in [2.75, 3.05) is 0 Å². The van der Waals surface area contributed by atoms with Gasteiger partial charge in [-0.2, -0.15) is 0 Å². The summed E-state index contributed by atoms with van der Waals surface area (Å²) >= 11 is 0. The third kappa shape index (κ3) is 1.72. The minimum Gasteiger partial charge on any atom is -0.348 e. The molecule has 2 nitrogen and oxygen atoms in total. The molecule has 0 amide bonds. The van der Waals surface area contributed by atoms with Crippen molar-refractivity contribution in [3.63, 3.8) is 0 Å². The molecule has 0 saturated heterocycles. The maximum absolute atomic E-state index is 2.89. The molecule has 5 aliphatic rings. The number of hydrogen-bond acceptors (Lipinski definition) is 1. The first-order valence-corrected chi connectivity index (χ1v) is 11.2. The summed E-state index contributed by atoms with van der Waals surface area (Å²) < 4.78 is 2.80. The molecule has 1 unspecified atom stereocenters. The Bertz CT molecular complexity index is 1260. The molecule has 5 heterocycles. The summed E-state index contributed by atoms with van der Waals surface area (Å²) in [5.74, 6) is 0. The summed E-state index contributed by atoms with van der Waals surface area (Å²) in [4.78, 5) is 2.89. The fourth-order valence-electron chi connectivity index (χ4n) is 7.41. The molecule has 2 heteroatoms. The maximum atomic E-state index is 2.89. The molecule has 1 spiro atoms. The lowest BCUT2D eigenvalue weighted by atomic mass is 9.79. The monoisotopic (exact) mass is 376 g/mol. The van der Waals surface area contributed by atoms with Crippen LogP contribution in [0.4, 0.5) is 0 Å². The van der Waals surface area contributed by atoms with Crippen molar-refractivity contribution >= 4 is 0 Å². The molecule has 0 N–H and O–H groups in total. The zero-order valence-electron chi connectivity index (χ0n) is 16.6. The van der Waals surface area contributed by atoms with Crippen molar-refractivity contribution in [2.24, 2.45) is 0 Å². The Hall–Kier alpha value is -2.74. The Morgan fingerprint density at radius 1 is 0.724 bits per heavy atom. The first kappa shape index (κ1) is 15.1. The maximum Gasteiger partial charge on any atom is 0.125 e. The van der Waals surface area contributed by atoms with Crippen LogP contribution in [-0.4, -0.2) is 15.5 Å². The molecular weight excluding hydrogens is 352 g/mol. The predicted molar refractivity (Wildman–Crippen MR) is 114 cm³/mol. The lowest BCUT2D eigenvalue weighted by Gasteiger charge is -2.52. The van der Waals surface area contributed by atoms with E-state index in [-0.39, 0.29) is 5.66 Å². The summed E-state index contributed by atoms with van der Waals surface area (Å²) in [5, 5.41) is 0. The van der Waals surface area contributed by atoms with E-state index >= 15 is 0 Å².